The third kappa shape index (κ3) is 5.62. The van der Waals surface area contributed by atoms with Gasteiger partial charge in [0.05, 0.1) is 11.8 Å². The summed E-state index contributed by atoms with van der Waals surface area (Å²) < 4.78 is 24.2. The molecule has 0 aromatic heterocycles. The Morgan fingerprint density at radius 1 is 1.12 bits per heavy atom. The van der Waals surface area contributed by atoms with E-state index in [4.69, 9.17) is 8.74 Å². The lowest BCUT2D eigenvalue weighted by Gasteiger charge is -2.31. The lowest BCUT2D eigenvalue weighted by molar-refractivity contribution is 0.183. The molecular formula is C11H27O3PSi. The van der Waals surface area contributed by atoms with Crippen LogP contribution in [0.1, 0.15) is 40.5 Å². The molecule has 98 valence electrons. The minimum absolute atomic E-state index is 0.00353. The average molecular weight is 266 g/mol. The van der Waals surface area contributed by atoms with Gasteiger partial charge in [-0.3, -0.25) is 4.57 Å². The zero-order chi connectivity index (χ0) is 13.0. The summed E-state index contributed by atoms with van der Waals surface area (Å²) >= 11 is 0. The van der Waals surface area contributed by atoms with Gasteiger partial charge in [0.1, 0.15) is 0 Å². The minimum Gasteiger partial charge on any atom is -0.351 e. The smallest absolute Gasteiger partial charge is 0.324 e. The van der Waals surface area contributed by atoms with Crippen LogP contribution in [0.2, 0.25) is 19.6 Å². The van der Waals surface area contributed by atoms with E-state index in [1.54, 1.807) is 0 Å². The monoisotopic (exact) mass is 266 g/mol. The van der Waals surface area contributed by atoms with Gasteiger partial charge in [-0.2, -0.15) is 0 Å². The predicted octanol–water partition coefficient (Wildman–Crippen LogP) is 4.64. The van der Waals surface area contributed by atoms with Gasteiger partial charge in [0.25, 0.3) is 0 Å². The van der Waals surface area contributed by atoms with Gasteiger partial charge in [0.2, 0.25) is 0 Å². The predicted molar refractivity (Wildman–Crippen MR) is 72.6 cm³/mol. The maximum absolute atomic E-state index is 12.7. The summed E-state index contributed by atoms with van der Waals surface area (Å²) in [4.78, 5) is 0. The fourth-order valence-corrected chi connectivity index (χ4v) is 6.40. The first kappa shape index (κ1) is 16.4. The van der Waals surface area contributed by atoms with Crippen LogP contribution < -0.4 is 0 Å². The van der Waals surface area contributed by atoms with Crippen molar-refractivity contribution in [2.45, 2.75) is 71.9 Å². The van der Waals surface area contributed by atoms with Crippen molar-refractivity contribution < 1.29 is 13.3 Å². The summed E-state index contributed by atoms with van der Waals surface area (Å²) in [5.41, 5.74) is -0.0202. The summed E-state index contributed by atoms with van der Waals surface area (Å²) in [6.45, 7) is 14.1. The van der Waals surface area contributed by atoms with E-state index < -0.39 is 15.9 Å². The van der Waals surface area contributed by atoms with Gasteiger partial charge >= 0.3 is 7.60 Å². The molecule has 0 aliphatic heterocycles. The molecule has 16 heavy (non-hydrogen) atoms. The zero-order valence-electron chi connectivity index (χ0n) is 11.7. The third-order valence-corrected chi connectivity index (χ3v) is 7.74. The van der Waals surface area contributed by atoms with Gasteiger partial charge in [-0.1, -0.05) is 20.8 Å². The highest BCUT2D eigenvalue weighted by atomic mass is 31.2. The summed E-state index contributed by atoms with van der Waals surface area (Å²) in [5, 5.41) is 0. The Labute approximate surface area is 102 Å². The maximum Gasteiger partial charge on any atom is 0.324 e. The minimum atomic E-state index is -2.94. The SMILES string of the molecule is CCC(C)OP(=O)(O[Si](C)(C)C)C(C)CC. The third-order valence-electron chi connectivity index (χ3n) is 2.43. The van der Waals surface area contributed by atoms with Crippen LogP contribution in [0.25, 0.3) is 0 Å². The molecular weight excluding hydrogens is 239 g/mol. The molecule has 0 saturated heterocycles. The number of hydrogen-bond donors (Lipinski definition) is 0. The molecule has 0 radical (unpaired) electrons. The number of hydrogen-bond acceptors (Lipinski definition) is 3. The second kappa shape index (κ2) is 6.34. The van der Waals surface area contributed by atoms with Crippen molar-refractivity contribution in [3.8, 4) is 0 Å². The van der Waals surface area contributed by atoms with Crippen LogP contribution in [0.15, 0.2) is 0 Å². The fourth-order valence-electron chi connectivity index (χ4n) is 1.15. The van der Waals surface area contributed by atoms with Gasteiger partial charge in [0.15, 0.2) is 8.32 Å². The van der Waals surface area contributed by atoms with Gasteiger partial charge in [-0.15, -0.1) is 0 Å². The summed E-state index contributed by atoms with van der Waals surface area (Å²) in [6, 6.07) is 0. The van der Waals surface area contributed by atoms with E-state index in [9.17, 15) is 4.57 Å². The molecule has 3 atom stereocenters. The second-order valence-corrected chi connectivity index (χ2v) is 12.5. The van der Waals surface area contributed by atoms with Crippen molar-refractivity contribution in [1.29, 1.82) is 0 Å². The summed E-state index contributed by atoms with van der Waals surface area (Å²) in [5.74, 6) is 0. The maximum atomic E-state index is 12.7. The molecule has 0 aliphatic rings. The van der Waals surface area contributed by atoms with E-state index in [0.29, 0.717) is 0 Å². The van der Waals surface area contributed by atoms with Crippen LogP contribution in [0.3, 0.4) is 0 Å². The molecule has 0 spiro atoms. The van der Waals surface area contributed by atoms with Crippen LogP contribution in [0.5, 0.6) is 0 Å². The van der Waals surface area contributed by atoms with Crippen LogP contribution in [0, 0.1) is 0 Å². The average Bonchev–Trinajstić information content (AvgIpc) is 2.13. The first-order valence-corrected chi connectivity index (χ1v) is 11.2. The molecule has 0 heterocycles. The lowest BCUT2D eigenvalue weighted by atomic mass is 10.3. The molecule has 0 N–H and O–H groups in total. The molecule has 0 amide bonds. The normalized spacial score (nSPS) is 20.2. The highest BCUT2D eigenvalue weighted by Crippen LogP contribution is 2.57. The van der Waals surface area contributed by atoms with Crippen LogP contribution >= 0.6 is 7.60 Å². The molecule has 0 aromatic rings. The topological polar surface area (TPSA) is 35.5 Å². The summed E-state index contributed by atoms with van der Waals surface area (Å²) in [7, 11) is -4.78. The van der Waals surface area contributed by atoms with Crippen LogP contribution in [-0.4, -0.2) is 20.1 Å². The molecule has 0 aromatic carbocycles. The van der Waals surface area contributed by atoms with Crippen molar-refractivity contribution in [3.63, 3.8) is 0 Å². The Morgan fingerprint density at radius 3 is 1.94 bits per heavy atom. The van der Waals surface area contributed by atoms with Gasteiger partial charge in [-0.05, 0) is 39.4 Å². The molecule has 0 fully saturated rings. The molecule has 0 rings (SSSR count). The Bertz CT molecular complexity index is 250. The zero-order valence-corrected chi connectivity index (χ0v) is 13.6. The Balaban J connectivity index is 4.83. The lowest BCUT2D eigenvalue weighted by Crippen LogP contribution is -2.28. The van der Waals surface area contributed by atoms with E-state index in [0.717, 1.165) is 12.8 Å². The van der Waals surface area contributed by atoms with Gasteiger partial charge in [0, 0.05) is 0 Å². The first-order chi connectivity index (χ1) is 7.14. The van der Waals surface area contributed by atoms with Gasteiger partial charge < -0.3 is 8.74 Å². The number of rotatable bonds is 7. The van der Waals surface area contributed by atoms with Crippen molar-refractivity contribution in [1.82, 2.24) is 0 Å². The molecule has 3 nitrogen and oxygen atoms in total. The van der Waals surface area contributed by atoms with Crippen molar-refractivity contribution in [2.75, 3.05) is 0 Å². The summed E-state index contributed by atoms with van der Waals surface area (Å²) in [6.07, 6.45) is 1.67. The van der Waals surface area contributed by atoms with Crippen molar-refractivity contribution in [3.05, 3.63) is 0 Å². The van der Waals surface area contributed by atoms with Crippen molar-refractivity contribution >= 4 is 15.9 Å². The first-order valence-electron chi connectivity index (χ1n) is 6.13. The highest BCUT2D eigenvalue weighted by Gasteiger charge is 2.37. The largest absolute Gasteiger partial charge is 0.351 e. The molecule has 5 heteroatoms. The Morgan fingerprint density at radius 2 is 1.62 bits per heavy atom. The molecule has 3 unspecified atom stereocenters. The van der Waals surface area contributed by atoms with Gasteiger partial charge in [-0.25, -0.2) is 0 Å². The van der Waals surface area contributed by atoms with E-state index in [1.807, 2.05) is 47.3 Å². The van der Waals surface area contributed by atoms with E-state index in [1.165, 1.54) is 0 Å². The highest BCUT2D eigenvalue weighted by molar-refractivity contribution is 7.56. The Hall–Kier alpha value is 0.367. The molecule has 0 bridgehead atoms. The van der Waals surface area contributed by atoms with Crippen LogP contribution in [-0.2, 0) is 13.3 Å². The Kier molecular flexibility index (Phi) is 6.49. The fraction of sp³-hybridized carbons (Fsp3) is 1.00. The van der Waals surface area contributed by atoms with Crippen LogP contribution in [0.4, 0.5) is 0 Å². The van der Waals surface area contributed by atoms with E-state index in [2.05, 4.69) is 0 Å². The van der Waals surface area contributed by atoms with E-state index >= 15 is 0 Å². The molecule has 0 saturated carbocycles. The van der Waals surface area contributed by atoms with Crippen molar-refractivity contribution in [2.24, 2.45) is 0 Å². The quantitative estimate of drug-likeness (QED) is 0.497. The second-order valence-electron chi connectivity index (χ2n) is 5.33. The molecule has 0 aliphatic carbocycles. The standard InChI is InChI=1S/C11H27O3PSi/c1-8-10(3)13-15(12,11(4)9-2)14-16(5,6)7/h10-11H,8-9H2,1-7H3. The van der Waals surface area contributed by atoms with E-state index in [-0.39, 0.29) is 11.8 Å².